The van der Waals surface area contributed by atoms with Crippen molar-refractivity contribution < 1.29 is 27.0 Å². The number of ether oxygens (including phenoxy) is 2. The minimum absolute atomic E-state index is 0.369. The molecule has 0 amide bonds. The van der Waals surface area contributed by atoms with Gasteiger partial charge in [-0.1, -0.05) is 232 Å². The minimum Gasteiger partial charge on any atom is -0.457 e. The maximum absolute atomic E-state index is 16.4. The lowest BCUT2D eigenvalue weighted by Crippen LogP contribution is -2.29. The van der Waals surface area contributed by atoms with Gasteiger partial charge in [-0.15, -0.1) is 0 Å². The molecule has 20 rings (SSSR count). The average molecular weight is 1440 g/mol. The van der Waals surface area contributed by atoms with Crippen LogP contribution in [0.15, 0.2) is 377 Å². The van der Waals surface area contributed by atoms with Crippen molar-refractivity contribution in [2.75, 3.05) is 9.80 Å². The van der Waals surface area contributed by atoms with E-state index in [1.165, 1.54) is 24.3 Å². The smallest absolute Gasteiger partial charge is 0.127 e. The van der Waals surface area contributed by atoms with Crippen molar-refractivity contribution in [3.05, 3.63) is 478 Å². The molecule has 0 aromatic heterocycles. The van der Waals surface area contributed by atoms with Crippen LogP contribution in [0.1, 0.15) is 77.9 Å². The predicted molar refractivity (Wildman–Crippen MR) is 440 cm³/mol. The van der Waals surface area contributed by atoms with E-state index in [0.717, 1.165) is 145 Å². The first-order valence-electron chi connectivity index (χ1n) is 37.1. The van der Waals surface area contributed by atoms with Gasteiger partial charge < -0.3 is 19.3 Å². The van der Waals surface area contributed by atoms with Gasteiger partial charge in [0.25, 0.3) is 0 Å². The van der Waals surface area contributed by atoms with E-state index >= 15 is 17.6 Å². The number of fused-ring (bicyclic) bond motifs is 16. The van der Waals surface area contributed by atoms with Crippen molar-refractivity contribution in [3.8, 4) is 67.5 Å². The zero-order valence-corrected chi connectivity index (χ0v) is 59.9. The van der Waals surface area contributed by atoms with Gasteiger partial charge in [-0.05, 0) is 280 Å². The third-order valence-electron chi connectivity index (χ3n) is 23.1. The molecule has 16 aromatic rings. The summed E-state index contributed by atoms with van der Waals surface area (Å²) < 4.78 is 78.2. The molecular formula is C103H66F4N2O2. The Morgan fingerprint density at radius 1 is 0.216 bits per heavy atom. The Hall–Kier alpha value is -14.1. The van der Waals surface area contributed by atoms with Crippen LogP contribution in [0.2, 0.25) is 0 Å². The number of hydrogen-bond acceptors (Lipinski definition) is 4. The lowest BCUT2D eigenvalue weighted by Gasteiger charge is -2.35. The van der Waals surface area contributed by atoms with E-state index in [4.69, 9.17) is 9.47 Å². The fraction of sp³-hybridized carbons (Fsp3) is 0.0291. The van der Waals surface area contributed by atoms with Crippen molar-refractivity contribution in [2.24, 2.45) is 0 Å². The van der Waals surface area contributed by atoms with E-state index in [1.807, 2.05) is 121 Å². The maximum Gasteiger partial charge on any atom is 0.127 e. The van der Waals surface area contributed by atoms with Crippen LogP contribution < -0.4 is 19.3 Å². The van der Waals surface area contributed by atoms with Gasteiger partial charge >= 0.3 is 0 Å². The molecule has 16 aromatic carbocycles. The summed E-state index contributed by atoms with van der Waals surface area (Å²) in [7, 11) is 0. The Bertz CT molecular complexity index is 6080. The van der Waals surface area contributed by atoms with Gasteiger partial charge in [-0.3, -0.25) is 0 Å². The van der Waals surface area contributed by atoms with Gasteiger partial charge in [0.15, 0.2) is 0 Å². The molecule has 0 saturated carbocycles. The zero-order chi connectivity index (χ0) is 74.7. The van der Waals surface area contributed by atoms with Crippen LogP contribution in [0.5, 0.6) is 23.0 Å². The molecule has 0 radical (unpaired) electrons. The van der Waals surface area contributed by atoms with E-state index in [-0.39, 0.29) is 11.6 Å². The Labute approximate surface area is 641 Å². The monoisotopic (exact) mass is 1440 g/mol. The first kappa shape index (κ1) is 66.4. The fourth-order valence-electron chi connectivity index (χ4n) is 18.5. The van der Waals surface area contributed by atoms with Crippen LogP contribution in [0, 0.1) is 23.3 Å². The summed E-state index contributed by atoms with van der Waals surface area (Å²) in [6, 6.07) is 119. The Balaban J connectivity index is 0.766. The molecule has 0 heterocycles. The molecule has 528 valence electrons. The summed E-state index contributed by atoms with van der Waals surface area (Å²) in [4.78, 5) is 4.28. The molecule has 8 heteroatoms. The lowest BCUT2D eigenvalue weighted by atomic mass is 9.67. The third kappa shape index (κ3) is 10.3. The second kappa shape index (κ2) is 26.1. The summed E-state index contributed by atoms with van der Waals surface area (Å²) in [5, 5.41) is 0. The topological polar surface area (TPSA) is 24.9 Å². The van der Waals surface area contributed by atoms with E-state index < -0.39 is 27.9 Å². The molecule has 111 heavy (non-hydrogen) atoms. The quantitative estimate of drug-likeness (QED) is 0.0900. The van der Waals surface area contributed by atoms with Crippen LogP contribution in [-0.4, -0.2) is 0 Å². The van der Waals surface area contributed by atoms with Crippen LogP contribution in [0.4, 0.5) is 51.7 Å². The van der Waals surface area contributed by atoms with E-state index in [2.05, 4.69) is 193 Å². The number of hydrogen-bond donors (Lipinski definition) is 0. The SMILES string of the molecule is C=Cc1ccc(Oc2ccc(C3(c4cccc(F)c4)c4ccccc4-c4ccc(N(c5cccc(F)c5)c5ccc6c(c5)C5(c7ccccc7-6)c6ccccc6-c6ccc(N(c7cccc(F)c7)c7ccc8c(c7)C(c7ccc(Oc9ccc(C=C)cc9)cc7)(c7cccc(F)c7)c7ccccc7-8)cc65)cc43)cc2)cc1. The van der Waals surface area contributed by atoms with Crippen molar-refractivity contribution >= 4 is 46.3 Å². The van der Waals surface area contributed by atoms with Gasteiger partial charge in [0, 0.05) is 34.1 Å². The highest BCUT2D eigenvalue weighted by Gasteiger charge is 2.53. The molecule has 0 N–H and O–H groups in total. The highest BCUT2D eigenvalue weighted by Crippen LogP contribution is 2.66. The van der Waals surface area contributed by atoms with Gasteiger partial charge in [0.05, 0.1) is 16.2 Å². The van der Waals surface area contributed by atoms with Gasteiger partial charge in [0.1, 0.15) is 46.3 Å². The predicted octanol–water partition coefficient (Wildman–Crippen LogP) is 27.1. The number of anilines is 6. The molecule has 2 atom stereocenters. The molecular weight excluding hydrogens is 1370 g/mol. The molecule has 4 aliphatic carbocycles. The van der Waals surface area contributed by atoms with Crippen molar-refractivity contribution in [3.63, 3.8) is 0 Å². The molecule has 0 aliphatic heterocycles. The average Bonchev–Trinajstić information content (AvgIpc) is 1.52. The van der Waals surface area contributed by atoms with Gasteiger partial charge in [0.2, 0.25) is 0 Å². The van der Waals surface area contributed by atoms with Crippen LogP contribution in [0.25, 0.3) is 56.7 Å². The largest absolute Gasteiger partial charge is 0.457 e. The summed E-state index contributed by atoms with van der Waals surface area (Å²) in [6.45, 7) is 7.83. The molecule has 1 spiro atoms. The first-order valence-corrected chi connectivity index (χ1v) is 37.1. The summed E-state index contributed by atoms with van der Waals surface area (Å²) in [5.74, 6) is 1.07. The first-order chi connectivity index (χ1) is 54.5. The number of halogens is 4. The molecule has 2 unspecified atom stereocenters. The Kier molecular flexibility index (Phi) is 15.6. The standard InChI is InChI=1S/C103H66F4N2O2/c1-3-65-33-45-81(46-34-65)110-83-49-37-67(38-50-83)101(69-17-13-19-71(104)57-69)93-29-9-5-25-85(93)89-53-41-77(61-97(89)101)108(75-23-15-21-73(106)59-75)79-43-55-91-87-27-7-11-31-95(87)103(99(91)63-79)96-32-12-8-28-88(96)92-56-44-80(64-100(92)103)109(76-24-16-22-74(107)60-76)78-42-54-90-86-26-6-10-30-94(86)102(98(90)62-78,70-18-14-20-72(105)58-70)68-39-51-84(52-40-68)111-82-47-35-66(4-2)36-48-82/h3-64H,1-2H2. The van der Waals surface area contributed by atoms with Crippen LogP contribution in [-0.2, 0) is 16.2 Å². The molecule has 0 fully saturated rings. The van der Waals surface area contributed by atoms with E-state index in [0.29, 0.717) is 34.4 Å². The van der Waals surface area contributed by atoms with Gasteiger partial charge in [-0.2, -0.15) is 0 Å². The summed E-state index contributed by atoms with van der Waals surface area (Å²) >= 11 is 0. The number of benzene rings is 16. The number of rotatable bonds is 16. The Morgan fingerprint density at radius 2 is 0.477 bits per heavy atom. The van der Waals surface area contributed by atoms with E-state index in [9.17, 15) is 0 Å². The summed E-state index contributed by atoms with van der Waals surface area (Å²) in [6.07, 6.45) is 3.59. The number of nitrogens with zero attached hydrogens (tertiary/aromatic N) is 2. The summed E-state index contributed by atoms with van der Waals surface area (Å²) in [5.41, 5.74) is 22.5. The Morgan fingerprint density at radius 3 is 0.784 bits per heavy atom. The van der Waals surface area contributed by atoms with Crippen molar-refractivity contribution in [1.29, 1.82) is 0 Å². The van der Waals surface area contributed by atoms with Crippen molar-refractivity contribution in [2.45, 2.75) is 16.2 Å². The molecule has 0 saturated heterocycles. The molecule has 0 bridgehead atoms. The van der Waals surface area contributed by atoms with Crippen molar-refractivity contribution in [1.82, 2.24) is 0 Å². The van der Waals surface area contributed by atoms with Gasteiger partial charge in [-0.25, -0.2) is 17.6 Å². The fourth-order valence-corrected chi connectivity index (χ4v) is 18.5. The van der Waals surface area contributed by atoms with Crippen LogP contribution in [0.3, 0.4) is 0 Å². The maximum atomic E-state index is 16.4. The highest BCUT2D eigenvalue weighted by molar-refractivity contribution is 5.99. The minimum atomic E-state index is -1.06. The second-order valence-electron chi connectivity index (χ2n) is 28.8. The second-order valence-corrected chi connectivity index (χ2v) is 28.8. The van der Waals surface area contributed by atoms with Crippen LogP contribution >= 0.6 is 0 Å². The highest BCUT2D eigenvalue weighted by atomic mass is 19.1. The van der Waals surface area contributed by atoms with E-state index in [1.54, 1.807) is 60.7 Å². The lowest BCUT2D eigenvalue weighted by molar-refractivity contribution is 0.482. The third-order valence-corrected chi connectivity index (χ3v) is 23.1. The molecule has 4 aliphatic rings. The zero-order valence-electron chi connectivity index (χ0n) is 59.9. The molecule has 4 nitrogen and oxygen atoms in total. The normalized spacial score (nSPS) is 16.1.